The highest BCUT2D eigenvalue weighted by atomic mass is 16.5. The van der Waals surface area contributed by atoms with Crippen molar-refractivity contribution in [2.45, 2.75) is 38.8 Å². The van der Waals surface area contributed by atoms with Crippen LogP contribution in [0.4, 0.5) is 0 Å². The second kappa shape index (κ2) is 5.78. The molecule has 0 saturated carbocycles. The monoisotopic (exact) mass is 265 g/mol. The number of carbonyl (C=O) groups excluding carboxylic acids is 1. The van der Waals surface area contributed by atoms with Gasteiger partial charge in [0.25, 0.3) is 0 Å². The Morgan fingerprint density at radius 3 is 2.68 bits per heavy atom. The molecule has 0 aromatic rings. The van der Waals surface area contributed by atoms with E-state index in [0.29, 0.717) is 18.9 Å². The van der Waals surface area contributed by atoms with Crippen molar-refractivity contribution in [2.75, 3.05) is 13.7 Å². The maximum absolute atomic E-state index is 12.0. The van der Waals surface area contributed by atoms with Gasteiger partial charge in [-0.1, -0.05) is 6.08 Å². The Morgan fingerprint density at radius 2 is 2.21 bits per heavy atom. The standard InChI is InChI=1S/C15H23NO3/c1-10(12-4-6-14(19-3)7-5-12)16-9-13(11(2)17)8-15(16)18/h4,6-7,10-13,17H,5,8-9H2,1-3H3/t10-,11-,12?,13+/m0/s1. The van der Waals surface area contributed by atoms with Gasteiger partial charge in [-0.2, -0.15) is 0 Å². The first-order chi connectivity index (χ1) is 9.02. The van der Waals surface area contributed by atoms with Crippen LogP contribution in [0.15, 0.2) is 24.0 Å². The van der Waals surface area contributed by atoms with E-state index in [-0.39, 0.29) is 17.9 Å². The van der Waals surface area contributed by atoms with Gasteiger partial charge < -0.3 is 14.7 Å². The minimum absolute atomic E-state index is 0.0765. The van der Waals surface area contributed by atoms with Crippen LogP contribution in [0.5, 0.6) is 0 Å². The molecule has 2 rings (SSSR count). The van der Waals surface area contributed by atoms with Crippen molar-refractivity contribution in [1.29, 1.82) is 0 Å². The van der Waals surface area contributed by atoms with Gasteiger partial charge >= 0.3 is 0 Å². The van der Waals surface area contributed by atoms with E-state index in [1.54, 1.807) is 14.0 Å². The van der Waals surface area contributed by atoms with Crippen molar-refractivity contribution in [3.8, 4) is 0 Å². The van der Waals surface area contributed by atoms with E-state index in [9.17, 15) is 9.90 Å². The van der Waals surface area contributed by atoms with Crippen LogP contribution in [0.1, 0.15) is 26.7 Å². The van der Waals surface area contributed by atoms with Crippen LogP contribution in [-0.2, 0) is 9.53 Å². The number of amides is 1. The molecule has 19 heavy (non-hydrogen) atoms. The molecule has 1 amide bonds. The van der Waals surface area contributed by atoms with Crippen molar-refractivity contribution in [3.63, 3.8) is 0 Å². The highest BCUT2D eigenvalue weighted by Crippen LogP contribution is 2.29. The van der Waals surface area contributed by atoms with Crippen molar-refractivity contribution < 1.29 is 14.6 Å². The summed E-state index contributed by atoms with van der Waals surface area (Å²) in [5.41, 5.74) is 0. The number of ether oxygens (including phenoxy) is 1. The lowest BCUT2D eigenvalue weighted by Gasteiger charge is -2.31. The van der Waals surface area contributed by atoms with E-state index in [1.807, 2.05) is 11.0 Å². The van der Waals surface area contributed by atoms with Crippen LogP contribution in [0.2, 0.25) is 0 Å². The molecule has 1 aliphatic heterocycles. The van der Waals surface area contributed by atoms with Gasteiger partial charge in [0.05, 0.1) is 13.2 Å². The Hall–Kier alpha value is -1.29. The summed E-state index contributed by atoms with van der Waals surface area (Å²) in [4.78, 5) is 14.0. The fourth-order valence-corrected chi connectivity index (χ4v) is 2.83. The first-order valence-electron chi connectivity index (χ1n) is 6.92. The summed E-state index contributed by atoms with van der Waals surface area (Å²) in [7, 11) is 1.66. The highest BCUT2D eigenvalue weighted by Gasteiger charge is 2.36. The predicted molar refractivity (Wildman–Crippen MR) is 73.3 cm³/mol. The molecule has 0 aromatic carbocycles. The van der Waals surface area contributed by atoms with Gasteiger partial charge in [0.1, 0.15) is 5.76 Å². The quantitative estimate of drug-likeness (QED) is 0.842. The number of aliphatic hydroxyl groups excluding tert-OH is 1. The van der Waals surface area contributed by atoms with Gasteiger partial charge in [0, 0.05) is 30.8 Å². The molecule has 0 radical (unpaired) electrons. The van der Waals surface area contributed by atoms with Crippen molar-refractivity contribution in [2.24, 2.45) is 11.8 Å². The molecular formula is C15H23NO3. The molecule has 1 aliphatic carbocycles. The number of likely N-dealkylation sites (tertiary alicyclic amines) is 1. The Morgan fingerprint density at radius 1 is 1.47 bits per heavy atom. The zero-order valence-electron chi connectivity index (χ0n) is 11.9. The lowest BCUT2D eigenvalue weighted by Crippen LogP contribution is -2.39. The molecule has 0 aromatic heterocycles. The minimum atomic E-state index is -0.414. The Labute approximate surface area is 114 Å². The van der Waals surface area contributed by atoms with E-state index in [4.69, 9.17) is 4.74 Å². The number of nitrogens with zero attached hydrogens (tertiary/aromatic N) is 1. The first kappa shape index (κ1) is 14.1. The SMILES string of the molecule is COC1=CCC([C@H](C)N2C[C@H]([C@H](C)O)CC2=O)C=C1. The second-order valence-electron chi connectivity index (χ2n) is 5.56. The number of carbonyl (C=O) groups is 1. The number of aliphatic hydroxyl groups is 1. The van der Waals surface area contributed by atoms with E-state index in [2.05, 4.69) is 19.1 Å². The summed E-state index contributed by atoms with van der Waals surface area (Å²) >= 11 is 0. The Balaban J connectivity index is 1.98. The number of hydrogen-bond donors (Lipinski definition) is 1. The van der Waals surface area contributed by atoms with Crippen molar-refractivity contribution in [1.82, 2.24) is 4.90 Å². The van der Waals surface area contributed by atoms with Gasteiger partial charge in [-0.3, -0.25) is 4.79 Å². The van der Waals surface area contributed by atoms with Crippen molar-refractivity contribution in [3.05, 3.63) is 24.0 Å². The largest absolute Gasteiger partial charge is 0.497 e. The lowest BCUT2D eigenvalue weighted by molar-refractivity contribution is -0.130. The molecule has 2 aliphatic rings. The maximum atomic E-state index is 12.0. The third kappa shape index (κ3) is 3.00. The molecular weight excluding hydrogens is 242 g/mol. The molecule has 4 atom stereocenters. The average Bonchev–Trinajstić information content (AvgIpc) is 2.80. The summed E-state index contributed by atoms with van der Waals surface area (Å²) in [5, 5.41) is 9.63. The number of methoxy groups -OCH3 is 1. The first-order valence-corrected chi connectivity index (χ1v) is 6.92. The summed E-state index contributed by atoms with van der Waals surface area (Å²) < 4.78 is 5.18. The van der Waals surface area contributed by atoms with Crippen LogP contribution in [0.3, 0.4) is 0 Å². The third-order valence-corrected chi connectivity index (χ3v) is 4.32. The number of rotatable bonds is 4. The average molecular weight is 265 g/mol. The maximum Gasteiger partial charge on any atom is 0.223 e. The molecule has 1 saturated heterocycles. The molecule has 1 unspecified atom stereocenters. The lowest BCUT2D eigenvalue weighted by atomic mass is 9.92. The normalized spacial score (nSPS) is 30.2. The van der Waals surface area contributed by atoms with Crippen LogP contribution in [-0.4, -0.2) is 41.7 Å². The van der Waals surface area contributed by atoms with Gasteiger partial charge in [0.2, 0.25) is 5.91 Å². The van der Waals surface area contributed by atoms with Crippen molar-refractivity contribution >= 4 is 5.91 Å². The molecule has 0 bridgehead atoms. The molecule has 1 heterocycles. The predicted octanol–water partition coefficient (Wildman–Crippen LogP) is 1.71. The third-order valence-electron chi connectivity index (χ3n) is 4.32. The van der Waals surface area contributed by atoms with E-state index in [0.717, 1.165) is 12.2 Å². The summed E-state index contributed by atoms with van der Waals surface area (Å²) in [6.07, 6.45) is 7.10. The summed E-state index contributed by atoms with van der Waals surface area (Å²) in [6, 6.07) is 0.169. The molecule has 4 heteroatoms. The smallest absolute Gasteiger partial charge is 0.223 e. The number of allylic oxidation sites excluding steroid dienone is 2. The fourth-order valence-electron chi connectivity index (χ4n) is 2.83. The highest BCUT2D eigenvalue weighted by molar-refractivity contribution is 5.79. The van der Waals surface area contributed by atoms with E-state index >= 15 is 0 Å². The van der Waals surface area contributed by atoms with E-state index in [1.165, 1.54) is 0 Å². The van der Waals surface area contributed by atoms with Crippen LogP contribution in [0, 0.1) is 11.8 Å². The molecule has 0 spiro atoms. The van der Waals surface area contributed by atoms with E-state index < -0.39 is 6.10 Å². The Kier molecular flexibility index (Phi) is 4.30. The second-order valence-corrected chi connectivity index (χ2v) is 5.56. The molecule has 4 nitrogen and oxygen atoms in total. The van der Waals surface area contributed by atoms with Gasteiger partial charge in [-0.15, -0.1) is 0 Å². The topological polar surface area (TPSA) is 49.8 Å². The summed E-state index contributed by atoms with van der Waals surface area (Å²) in [5.74, 6) is 1.45. The van der Waals surface area contributed by atoms with Crippen LogP contribution < -0.4 is 0 Å². The zero-order chi connectivity index (χ0) is 14.0. The Bertz CT molecular complexity index is 400. The minimum Gasteiger partial charge on any atom is -0.497 e. The number of hydrogen-bond acceptors (Lipinski definition) is 3. The molecule has 1 fully saturated rings. The molecule has 1 N–H and O–H groups in total. The fraction of sp³-hybridized carbons (Fsp3) is 0.667. The van der Waals surface area contributed by atoms with Gasteiger partial charge in [-0.25, -0.2) is 0 Å². The van der Waals surface area contributed by atoms with Gasteiger partial charge in [0.15, 0.2) is 0 Å². The molecule has 106 valence electrons. The van der Waals surface area contributed by atoms with Gasteiger partial charge in [-0.05, 0) is 32.4 Å². The zero-order valence-corrected chi connectivity index (χ0v) is 11.9. The van der Waals surface area contributed by atoms with Crippen LogP contribution >= 0.6 is 0 Å². The van der Waals surface area contributed by atoms with Crippen LogP contribution in [0.25, 0.3) is 0 Å². The summed E-state index contributed by atoms with van der Waals surface area (Å²) in [6.45, 7) is 4.52.